The van der Waals surface area contributed by atoms with Crippen molar-refractivity contribution in [2.45, 2.75) is 32.2 Å². The molecule has 0 spiro atoms. The van der Waals surface area contributed by atoms with Gasteiger partial charge in [-0.3, -0.25) is 0 Å². The van der Waals surface area contributed by atoms with Crippen molar-refractivity contribution in [1.29, 1.82) is 0 Å². The monoisotopic (exact) mass is 264 g/mol. The van der Waals surface area contributed by atoms with E-state index in [-0.39, 0.29) is 6.04 Å². The Labute approximate surface area is 112 Å². The molecule has 4 nitrogen and oxygen atoms in total. The summed E-state index contributed by atoms with van der Waals surface area (Å²) in [7, 11) is 0. The molecule has 96 valence electrons. The minimum Gasteiger partial charge on any atom is -0.301 e. The summed E-state index contributed by atoms with van der Waals surface area (Å²) in [6, 6.07) is 8.15. The number of hydrogen-bond donors (Lipinski definition) is 1. The zero-order valence-electron chi connectivity index (χ0n) is 10.4. The van der Waals surface area contributed by atoms with E-state index in [1.54, 1.807) is 11.1 Å². The Kier molecular flexibility index (Phi) is 4.59. The van der Waals surface area contributed by atoms with Gasteiger partial charge in [0.25, 0.3) is 0 Å². The maximum atomic E-state index is 5.92. The molecule has 0 aliphatic carbocycles. The second kappa shape index (κ2) is 6.40. The number of nitrogens with zero attached hydrogens (tertiary/aromatic N) is 3. The number of halogens is 1. The predicted octanol–water partition coefficient (Wildman–Crippen LogP) is 3.41. The van der Waals surface area contributed by atoms with Gasteiger partial charge in [0.05, 0.1) is 6.04 Å². The van der Waals surface area contributed by atoms with Gasteiger partial charge in [-0.2, -0.15) is 4.79 Å². The SMILES string of the molecule is CCCCC(Nn1cncn1)c1ccc(Cl)cc1. The highest BCUT2D eigenvalue weighted by atomic mass is 35.5. The highest BCUT2D eigenvalue weighted by Gasteiger charge is 2.11. The smallest absolute Gasteiger partial charge is 0.139 e. The Morgan fingerprint density at radius 1 is 1.33 bits per heavy atom. The van der Waals surface area contributed by atoms with Crippen molar-refractivity contribution in [1.82, 2.24) is 14.9 Å². The largest absolute Gasteiger partial charge is 0.301 e. The number of rotatable bonds is 6. The normalized spacial score (nSPS) is 12.3. The predicted molar refractivity (Wildman–Crippen MR) is 73.1 cm³/mol. The lowest BCUT2D eigenvalue weighted by Crippen LogP contribution is -2.21. The summed E-state index contributed by atoms with van der Waals surface area (Å²) in [6.45, 7) is 2.19. The second-order valence-electron chi connectivity index (χ2n) is 4.22. The Balaban J connectivity index is 2.11. The first-order valence-corrected chi connectivity index (χ1v) is 6.54. The van der Waals surface area contributed by atoms with Gasteiger partial charge in [-0.1, -0.05) is 43.5 Å². The summed E-state index contributed by atoms with van der Waals surface area (Å²) >= 11 is 5.92. The summed E-state index contributed by atoms with van der Waals surface area (Å²) in [5.41, 5.74) is 4.54. The Bertz CT molecular complexity index is 452. The molecule has 0 saturated carbocycles. The lowest BCUT2D eigenvalue weighted by Gasteiger charge is -2.19. The van der Waals surface area contributed by atoms with E-state index in [0.29, 0.717) is 0 Å². The van der Waals surface area contributed by atoms with Gasteiger partial charge in [-0.15, -0.1) is 5.10 Å². The van der Waals surface area contributed by atoms with Crippen molar-refractivity contribution >= 4 is 11.6 Å². The van der Waals surface area contributed by atoms with E-state index < -0.39 is 0 Å². The average molecular weight is 265 g/mol. The molecule has 1 aromatic heterocycles. The fourth-order valence-corrected chi connectivity index (χ4v) is 1.97. The molecule has 2 aromatic rings. The van der Waals surface area contributed by atoms with Gasteiger partial charge in [0.1, 0.15) is 12.7 Å². The summed E-state index contributed by atoms with van der Waals surface area (Å²) in [5, 5.41) is 4.83. The molecule has 0 amide bonds. The molecule has 18 heavy (non-hydrogen) atoms. The molecule has 2 rings (SSSR count). The van der Waals surface area contributed by atoms with Crippen molar-refractivity contribution in [3.63, 3.8) is 0 Å². The summed E-state index contributed by atoms with van der Waals surface area (Å²) in [5.74, 6) is 0. The quantitative estimate of drug-likeness (QED) is 0.869. The molecule has 1 heterocycles. The molecule has 1 unspecified atom stereocenters. The summed E-state index contributed by atoms with van der Waals surface area (Å²) < 4.78 is 0. The van der Waals surface area contributed by atoms with Gasteiger partial charge in [-0.05, 0) is 24.1 Å². The van der Waals surface area contributed by atoms with Crippen LogP contribution in [-0.2, 0) is 0 Å². The van der Waals surface area contributed by atoms with Crippen molar-refractivity contribution in [2.75, 3.05) is 5.43 Å². The van der Waals surface area contributed by atoms with Crippen LogP contribution in [0.25, 0.3) is 0 Å². The van der Waals surface area contributed by atoms with E-state index in [2.05, 4.69) is 22.4 Å². The first-order valence-electron chi connectivity index (χ1n) is 6.16. The van der Waals surface area contributed by atoms with Crippen LogP contribution in [0, 0.1) is 0 Å². The molecule has 0 saturated heterocycles. The van der Waals surface area contributed by atoms with E-state index in [4.69, 9.17) is 11.6 Å². The number of aromatic nitrogens is 3. The first-order chi connectivity index (χ1) is 8.79. The fraction of sp³-hybridized carbons (Fsp3) is 0.385. The van der Waals surface area contributed by atoms with Crippen molar-refractivity contribution in [2.24, 2.45) is 0 Å². The molecular weight excluding hydrogens is 248 g/mol. The maximum Gasteiger partial charge on any atom is 0.139 e. The van der Waals surface area contributed by atoms with Gasteiger partial charge in [0, 0.05) is 5.02 Å². The lowest BCUT2D eigenvalue weighted by molar-refractivity contribution is 0.559. The van der Waals surface area contributed by atoms with E-state index in [0.717, 1.165) is 17.9 Å². The van der Waals surface area contributed by atoms with E-state index in [9.17, 15) is 0 Å². The number of nitrogens with one attached hydrogen (secondary N) is 1. The van der Waals surface area contributed by atoms with Crippen molar-refractivity contribution in [3.05, 3.63) is 47.5 Å². The maximum absolute atomic E-state index is 5.92. The number of hydrogen-bond acceptors (Lipinski definition) is 3. The highest BCUT2D eigenvalue weighted by molar-refractivity contribution is 6.30. The van der Waals surface area contributed by atoms with E-state index in [1.165, 1.54) is 18.3 Å². The van der Waals surface area contributed by atoms with Crippen LogP contribution in [0.1, 0.15) is 37.8 Å². The minimum absolute atomic E-state index is 0.226. The Morgan fingerprint density at radius 2 is 2.11 bits per heavy atom. The summed E-state index contributed by atoms with van der Waals surface area (Å²) in [6.07, 6.45) is 6.57. The van der Waals surface area contributed by atoms with Gasteiger partial charge in [0.2, 0.25) is 0 Å². The van der Waals surface area contributed by atoms with Crippen LogP contribution >= 0.6 is 11.6 Å². The van der Waals surface area contributed by atoms with Gasteiger partial charge < -0.3 is 5.43 Å². The van der Waals surface area contributed by atoms with Crippen LogP contribution in [-0.4, -0.2) is 14.9 Å². The topological polar surface area (TPSA) is 42.7 Å². The third kappa shape index (κ3) is 3.47. The second-order valence-corrected chi connectivity index (χ2v) is 4.65. The molecule has 5 heteroatoms. The van der Waals surface area contributed by atoms with Crippen LogP contribution < -0.4 is 5.43 Å². The molecular formula is C13H17ClN4. The lowest BCUT2D eigenvalue weighted by atomic mass is 10.0. The molecule has 1 N–H and O–H groups in total. The highest BCUT2D eigenvalue weighted by Crippen LogP contribution is 2.22. The number of benzene rings is 1. The standard InChI is InChI=1S/C13H17ClN4/c1-2-3-4-13(17-18-10-15-9-16-18)11-5-7-12(14)8-6-11/h5-10,13,17H,2-4H2,1H3. The summed E-state index contributed by atoms with van der Waals surface area (Å²) in [4.78, 5) is 5.58. The zero-order chi connectivity index (χ0) is 12.8. The van der Waals surface area contributed by atoms with Crippen LogP contribution in [0.4, 0.5) is 0 Å². The third-order valence-electron chi connectivity index (χ3n) is 2.83. The van der Waals surface area contributed by atoms with Crippen LogP contribution in [0.15, 0.2) is 36.9 Å². The van der Waals surface area contributed by atoms with Crippen molar-refractivity contribution in [3.8, 4) is 0 Å². The number of unbranched alkanes of at least 4 members (excludes halogenated alkanes) is 1. The van der Waals surface area contributed by atoms with Crippen LogP contribution in [0.5, 0.6) is 0 Å². The Morgan fingerprint density at radius 3 is 2.72 bits per heavy atom. The molecule has 1 aromatic carbocycles. The van der Waals surface area contributed by atoms with E-state index in [1.807, 2.05) is 24.3 Å². The molecule has 0 fully saturated rings. The average Bonchev–Trinajstić information content (AvgIpc) is 2.88. The minimum atomic E-state index is 0.226. The molecule has 0 aliphatic rings. The molecule has 1 atom stereocenters. The van der Waals surface area contributed by atoms with Gasteiger partial charge >= 0.3 is 0 Å². The first kappa shape index (κ1) is 12.9. The third-order valence-corrected chi connectivity index (χ3v) is 3.08. The van der Waals surface area contributed by atoms with Gasteiger partial charge in [-0.25, -0.2) is 4.98 Å². The zero-order valence-corrected chi connectivity index (χ0v) is 11.1. The molecule has 0 aliphatic heterocycles. The van der Waals surface area contributed by atoms with Crippen LogP contribution in [0.3, 0.4) is 0 Å². The van der Waals surface area contributed by atoms with Crippen LogP contribution in [0.2, 0.25) is 5.02 Å². The fourth-order valence-electron chi connectivity index (χ4n) is 1.84. The molecule has 0 bridgehead atoms. The molecule has 0 radical (unpaired) electrons. The van der Waals surface area contributed by atoms with E-state index >= 15 is 0 Å². The Hall–Kier alpha value is -1.55. The van der Waals surface area contributed by atoms with Crippen molar-refractivity contribution < 1.29 is 0 Å². The van der Waals surface area contributed by atoms with Gasteiger partial charge in [0.15, 0.2) is 0 Å².